The predicted molar refractivity (Wildman–Crippen MR) is 124 cm³/mol. The zero-order valence-corrected chi connectivity index (χ0v) is 18.2. The summed E-state index contributed by atoms with van der Waals surface area (Å²) in [6.45, 7) is 6.82. The molecule has 0 atom stereocenters. The third kappa shape index (κ3) is 5.48. The molecule has 3 aromatic rings. The van der Waals surface area contributed by atoms with Crippen LogP contribution in [0.2, 0.25) is 0 Å². The predicted octanol–water partition coefficient (Wildman–Crippen LogP) is 2.93. The van der Waals surface area contributed by atoms with Crippen LogP contribution < -0.4 is 10.2 Å². The molecule has 0 unspecified atom stereocenters. The average Bonchev–Trinajstić information content (AvgIpc) is 2.81. The number of phenolic OH excluding ortho intramolecular Hbond substituents is 1. The molecule has 0 saturated carbocycles. The van der Waals surface area contributed by atoms with Crippen molar-refractivity contribution in [2.75, 3.05) is 52.5 Å². The molecular formula is C25H30N2O5. The first-order valence-electron chi connectivity index (χ1n) is 11.2. The van der Waals surface area contributed by atoms with Crippen molar-refractivity contribution < 1.29 is 19.4 Å². The van der Waals surface area contributed by atoms with Crippen LogP contribution in [0.5, 0.6) is 11.5 Å². The lowest BCUT2D eigenvalue weighted by molar-refractivity contribution is 0.110. The van der Waals surface area contributed by atoms with Crippen molar-refractivity contribution in [1.29, 1.82) is 0 Å². The van der Waals surface area contributed by atoms with E-state index in [4.69, 9.17) is 14.3 Å². The number of aliphatic hydroxyl groups excluding tert-OH is 1. The number of rotatable bonds is 9. The van der Waals surface area contributed by atoms with Gasteiger partial charge in [0.05, 0.1) is 24.2 Å². The fourth-order valence-corrected chi connectivity index (χ4v) is 4.04. The lowest BCUT2D eigenvalue weighted by Gasteiger charge is -2.34. The normalized spacial score (nSPS) is 15.3. The van der Waals surface area contributed by atoms with E-state index >= 15 is 0 Å². The second-order valence-electron chi connectivity index (χ2n) is 8.15. The number of phenols is 1. The van der Waals surface area contributed by atoms with E-state index in [-0.39, 0.29) is 17.8 Å². The van der Waals surface area contributed by atoms with Gasteiger partial charge in [-0.3, -0.25) is 9.69 Å². The first kappa shape index (κ1) is 22.3. The van der Waals surface area contributed by atoms with Crippen LogP contribution in [0, 0.1) is 0 Å². The van der Waals surface area contributed by atoms with E-state index in [1.54, 1.807) is 42.5 Å². The van der Waals surface area contributed by atoms with Crippen LogP contribution in [0.3, 0.4) is 0 Å². The number of hydrogen-bond acceptors (Lipinski definition) is 7. The van der Waals surface area contributed by atoms with Gasteiger partial charge in [-0.2, -0.15) is 0 Å². The van der Waals surface area contributed by atoms with E-state index in [1.807, 2.05) is 0 Å². The van der Waals surface area contributed by atoms with Gasteiger partial charge in [0, 0.05) is 38.8 Å². The van der Waals surface area contributed by atoms with Crippen LogP contribution >= 0.6 is 0 Å². The highest BCUT2D eigenvalue weighted by Crippen LogP contribution is 2.24. The zero-order valence-electron chi connectivity index (χ0n) is 18.2. The number of ether oxygens (including phenoxy) is 1. The summed E-state index contributed by atoms with van der Waals surface area (Å²) in [7, 11) is 0. The summed E-state index contributed by atoms with van der Waals surface area (Å²) in [6.07, 6.45) is 3.48. The SMILES string of the molecule is O=c1c(-c2ccc(O)cc2)coc2cc(OCCCCN3CCN(CCO)CC3)ccc12. The summed E-state index contributed by atoms with van der Waals surface area (Å²) in [5.74, 6) is 0.844. The molecule has 0 amide bonds. The zero-order chi connectivity index (χ0) is 22.3. The highest BCUT2D eigenvalue weighted by Gasteiger charge is 2.15. The van der Waals surface area contributed by atoms with Gasteiger partial charge in [-0.1, -0.05) is 12.1 Å². The molecule has 2 aromatic carbocycles. The number of aliphatic hydroxyl groups is 1. The van der Waals surface area contributed by atoms with Crippen molar-refractivity contribution in [3.63, 3.8) is 0 Å². The maximum Gasteiger partial charge on any atom is 0.200 e. The highest BCUT2D eigenvalue weighted by molar-refractivity contribution is 5.82. The summed E-state index contributed by atoms with van der Waals surface area (Å²) in [6, 6.07) is 11.8. The van der Waals surface area contributed by atoms with Crippen molar-refractivity contribution in [2.24, 2.45) is 0 Å². The first-order chi connectivity index (χ1) is 15.6. The summed E-state index contributed by atoms with van der Waals surface area (Å²) in [5.41, 5.74) is 1.55. The Morgan fingerprint density at radius 2 is 1.66 bits per heavy atom. The van der Waals surface area contributed by atoms with E-state index in [0.717, 1.165) is 52.1 Å². The molecule has 2 heterocycles. The molecule has 0 aliphatic carbocycles. The van der Waals surface area contributed by atoms with Gasteiger partial charge in [-0.25, -0.2) is 0 Å². The van der Waals surface area contributed by atoms with E-state index in [0.29, 0.717) is 34.5 Å². The fraction of sp³-hybridized carbons (Fsp3) is 0.400. The Bertz CT molecular complexity index is 1070. The summed E-state index contributed by atoms with van der Waals surface area (Å²) in [4.78, 5) is 17.6. The van der Waals surface area contributed by atoms with E-state index in [2.05, 4.69) is 9.80 Å². The average molecular weight is 439 g/mol. The van der Waals surface area contributed by atoms with Gasteiger partial charge >= 0.3 is 0 Å². The quantitative estimate of drug-likeness (QED) is 0.497. The molecule has 7 heteroatoms. The van der Waals surface area contributed by atoms with Crippen LogP contribution in [0.1, 0.15) is 12.8 Å². The maximum atomic E-state index is 12.8. The Balaban J connectivity index is 1.28. The number of hydrogen-bond donors (Lipinski definition) is 2. The van der Waals surface area contributed by atoms with Crippen molar-refractivity contribution in [1.82, 2.24) is 9.80 Å². The van der Waals surface area contributed by atoms with Gasteiger partial charge in [0.25, 0.3) is 0 Å². The number of aromatic hydroxyl groups is 1. The van der Waals surface area contributed by atoms with Gasteiger partial charge in [0.15, 0.2) is 5.43 Å². The molecule has 0 radical (unpaired) electrons. The molecule has 7 nitrogen and oxygen atoms in total. The van der Waals surface area contributed by atoms with Gasteiger partial charge < -0.3 is 24.3 Å². The topological polar surface area (TPSA) is 86.4 Å². The minimum absolute atomic E-state index is 0.109. The molecule has 0 spiro atoms. The number of fused-ring (bicyclic) bond motifs is 1. The van der Waals surface area contributed by atoms with Crippen molar-refractivity contribution in [2.45, 2.75) is 12.8 Å². The van der Waals surface area contributed by atoms with E-state index < -0.39 is 0 Å². The second kappa shape index (κ2) is 10.6. The first-order valence-corrected chi connectivity index (χ1v) is 11.2. The number of β-amino-alcohol motifs (C(OH)–C–C–N with tert-alkyl or cyclic N) is 1. The second-order valence-corrected chi connectivity index (χ2v) is 8.15. The maximum absolute atomic E-state index is 12.8. The Morgan fingerprint density at radius 3 is 2.38 bits per heavy atom. The minimum Gasteiger partial charge on any atom is -0.508 e. The van der Waals surface area contributed by atoms with Gasteiger partial charge in [0.1, 0.15) is 23.3 Å². The molecule has 170 valence electrons. The molecule has 1 saturated heterocycles. The smallest absolute Gasteiger partial charge is 0.200 e. The number of unbranched alkanes of at least 4 members (excludes halogenated alkanes) is 1. The van der Waals surface area contributed by atoms with Crippen molar-refractivity contribution in [3.8, 4) is 22.6 Å². The molecule has 0 bridgehead atoms. The Hall–Kier alpha value is -2.87. The van der Waals surface area contributed by atoms with E-state index in [1.165, 1.54) is 6.26 Å². The number of piperazine rings is 1. The lowest BCUT2D eigenvalue weighted by Crippen LogP contribution is -2.47. The third-order valence-electron chi connectivity index (χ3n) is 5.94. The van der Waals surface area contributed by atoms with E-state index in [9.17, 15) is 9.90 Å². The fourth-order valence-electron chi connectivity index (χ4n) is 4.04. The van der Waals surface area contributed by atoms with Crippen LogP contribution in [0.4, 0.5) is 0 Å². The molecule has 1 aromatic heterocycles. The highest BCUT2D eigenvalue weighted by atomic mass is 16.5. The standard InChI is InChI=1S/C25H30N2O5/c28-15-14-27-12-10-26(11-13-27)9-1-2-16-31-21-7-8-22-24(17-21)32-18-23(25(22)30)19-3-5-20(29)6-4-19/h3-8,17-18,28-29H,1-2,9-16H2. The largest absolute Gasteiger partial charge is 0.508 e. The molecule has 1 aliphatic heterocycles. The van der Waals surface area contributed by atoms with Crippen molar-refractivity contribution >= 4 is 11.0 Å². The van der Waals surface area contributed by atoms with Crippen LogP contribution in [0.15, 0.2) is 57.9 Å². The minimum atomic E-state index is -0.109. The molecule has 1 aliphatic rings. The Labute approximate surface area is 187 Å². The number of nitrogens with zero attached hydrogens (tertiary/aromatic N) is 2. The molecule has 32 heavy (non-hydrogen) atoms. The number of benzene rings is 2. The monoisotopic (exact) mass is 438 g/mol. The van der Waals surface area contributed by atoms with Gasteiger partial charge in [-0.05, 0) is 49.2 Å². The van der Waals surface area contributed by atoms with Crippen LogP contribution in [0.25, 0.3) is 22.1 Å². The third-order valence-corrected chi connectivity index (χ3v) is 5.94. The van der Waals surface area contributed by atoms with Crippen LogP contribution in [-0.2, 0) is 0 Å². The van der Waals surface area contributed by atoms with Crippen LogP contribution in [-0.4, -0.2) is 72.5 Å². The molecule has 4 rings (SSSR count). The summed E-state index contributed by atoms with van der Waals surface area (Å²) >= 11 is 0. The van der Waals surface area contributed by atoms with Gasteiger partial charge in [-0.15, -0.1) is 0 Å². The summed E-state index contributed by atoms with van der Waals surface area (Å²) < 4.78 is 11.6. The Kier molecular flexibility index (Phi) is 7.42. The Morgan fingerprint density at radius 1 is 0.938 bits per heavy atom. The van der Waals surface area contributed by atoms with Crippen molar-refractivity contribution in [3.05, 3.63) is 59.0 Å². The summed E-state index contributed by atoms with van der Waals surface area (Å²) in [5, 5.41) is 19.0. The molecule has 1 fully saturated rings. The molecule has 2 N–H and O–H groups in total. The lowest BCUT2D eigenvalue weighted by atomic mass is 10.1. The molecular weight excluding hydrogens is 408 g/mol. The van der Waals surface area contributed by atoms with Gasteiger partial charge in [0.2, 0.25) is 0 Å².